The van der Waals surface area contributed by atoms with Crippen LogP contribution in [0.5, 0.6) is 0 Å². The molecule has 1 N–H and O–H groups in total. The Kier molecular flexibility index (Phi) is 4.06. The monoisotopic (exact) mass is 203 g/mol. The molecule has 0 bridgehead atoms. The summed E-state index contributed by atoms with van der Waals surface area (Å²) in [6.07, 6.45) is 1.09. The first-order valence-corrected chi connectivity index (χ1v) is 5.51. The van der Waals surface area contributed by atoms with Crippen LogP contribution in [0.2, 0.25) is 5.02 Å². The molecule has 1 rings (SSSR count). The molecule has 0 amide bonds. The van der Waals surface area contributed by atoms with Crippen LogP contribution in [0.1, 0.15) is 31.2 Å². The molecule has 0 saturated heterocycles. The summed E-state index contributed by atoms with van der Waals surface area (Å²) in [5.74, 6) is 0. The van der Waals surface area contributed by atoms with Crippen LogP contribution >= 0.6 is 22.9 Å². The zero-order valence-electron chi connectivity index (χ0n) is 7.43. The lowest BCUT2D eigenvalue weighted by Crippen LogP contribution is -2.19. The van der Waals surface area contributed by atoms with Gasteiger partial charge in [-0.25, -0.2) is 0 Å². The average molecular weight is 204 g/mol. The van der Waals surface area contributed by atoms with Crippen molar-refractivity contribution in [1.82, 2.24) is 5.32 Å². The number of rotatable bonds is 4. The molecule has 1 atom stereocenters. The van der Waals surface area contributed by atoms with E-state index in [-0.39, 0.29) is 0 Å². The molecule has 0 aliphatic rings. The second-order valence-electron chi connectivity index (χ2n) is 2.65. The third-order valence-electron chi connectivity index (χ3n) is 1.82. The highest BCUT2D eigenvalue weighted by molar-refractivity contribution is 7.10. The van der Waals surface area contributed by atoms with Gasteiger partial charge in [0.1, 0.15) is 0 Å². The van der Waals surface area contributed by atoms with Gasteiger partial charge in [-0.3, -0.25) is 0 Å². The fraction of sp³-hybridized carbons (Fsp3) is 0.556. The molecule has 12 heavy (non-hydrogen) atoms. The van der Waals surface area contributed by atoms with Crippen molar-refractivity contribution in [1.29, 1.82) is 0 Å². The molecular weight excluding hydrogens is 190 g/mol. The van der Waals surface area contributed by atoms with E-state index in [2.05, 4.69) is 19.2 Å². The van der Waals surface area contributed by atoms with E-state index in [1.165, 1.54) is 4.88 Å². The van der Waals surface area contributed by atoms with Gasteiger partial charge in [-0.15, -0.1) is 11.3 Å². The van der Waals surface area contributed by atoms with E-state index in [1.54, 1.807) is 11.3 Å². The van der Waals surface area contributed by atoms with Crippen molar-refractivity contribution in [3.05, 3.63) is 21.3 Å². The first-order valence-electron chi connectivity index (χ1n) is 4.25. The first kappa shape index (κ1) is 10.0. The summed E-state index contributed by atoms with van der Waals surface area (Å²) in [4.78, 5) is 1.26. The zero-order chi connectivity index (χ0) is 8.97. The third kappa shape index (κ3) is 2.22. The highest BCUT2D eigenvalue weighted by atomic mass is 35.5. The van der Waals surface area contributed by atoms with Crippen molar-refractivity contribution in [3.8, 4) is 0 Å². The summed E-state index contributed by atoms with van der Waals surface area (Å²) in [6, 6.07) is 2.39. The maximum absolute atomic E-state index is 6.02. The highest BCUT2D eigenvalue weighted by Crippen LogP contribution is 2.30. The van der Waals surface area contributed by atoms with Gasteiger partial charge in [0.2, 0.25) is 0 Å². The predicted octanol–water partition coefficient (Wildman–Crippen LogP) is 3.46. The Labute approximate surface area is 82.7 Å². The lowest BCUT2D eigenvalue weighted by atomic mass is 10.2. The predicted molar refractivity (Wildman–Crippen MR) is 56.0 cm³/mol. The van der Waals surface area contributed by atoms with Crippen molar-refractivity contribution in [2.75, 3.05) is 6.54 Å². The van der Waals surface area contributed by atoms with Crippen LogP contribution in [-0.2, 0) is 0 Å². The topological polar surface area (TPSA) is 12.0 Å². The minimum atomic E-state index is 0.433. The first-order chi connectivity index (χ1) is 5.79. The maximum atomic E-state index is 6.02. The lowest BCUT2D eigenvalue weighted by Gasteiger charge is -2.14. The summed E-state index contributed by atoms with van der Waals surface area (Å²) in [6.45, 7) is 5.28. The third-order valence-corrected chi connectivity index (χ3v) is 3.29. The van der Waals surface area contributed by atoms with Crippen molar-refractivity contribution < 1.29 is 0 Å². The van der Waals surface area contributed by atoms with Gasteiger partial charge in [-0.05, 0) is 24.4 Å². The van der Waals surface area contributed by atoms with E-state index in [0.717, 1.165) is 18.0 Å². The molecule has 0 aliphatic heterocycles. The number of halogens is 1. The normalized spacial score (nSPS) is 13.2. The Bertz CT molecular complexity index is 234. The molecular formula is C9H14ClNS. The number of hydrogen-bond acceptors (Lipinski definition) is 2. The molecule has 0 spiro atoms. The number of nitrogens with one attached hydrogen (secondary N) is 1. The molecule has 1 nitrogen and oxygen atoms in total. The van der Waals surface area contributed by atoms with Gasteiger partial charge in [0.15, 0.2) is 0 Å². The standard InChI is InChI=1S/C9H14ClNS/c1-3-8(11-4-2)9-7(10)5-6-12-9/h5-6,8,11H,3-4H2,1-2H3. The summed E-state index contributed by atoms with van der Waals surface area (Å²) in [7, 11) is 0. The van der Waals surface area contributed by atoms with E-state index in [0.29, 0.717) is 6.04 Å². The van der Waals surface area contributed by atoms with Crippen LogP contribution in [0.3, 0.4) is 0 Å². The van der Waals surface area contributed by atoms with Crippen LogP contribution < -0.4 is 5.32 Å². The van der Waals surface area contributed by atoms with E-state index in [1.807, 2.05) is 11.4 Å². The molecule has 1 heterocycles. The van der Waals surface area contributed by atoms with E-state index >= 15 is 0 Å². The molecule has 1 aromatic rings. The fourth-order valence-electron chi connectivity index (χ4n) is 1.22. The molecule has 0 aliphatic carbocycles. The molecule has 0 aromatic carbocycles. The molecule has 68 valence electrons. The zero-order valence-corrected chi connectivity index (χ0v) is 9.00. The quantitative estimate of drug-likeness (QED) is 0.791. The second-order valence-corrected chi connectivity index (χ2v) is 4.01. The summed E-state index contributed by atoms with van der Waals surface area (Å²) in [5.41, 5.74) is 0. The number of hydrogen-bond donors (Lipinski definition) is 1. The molecule has 0 saturated carbocycles. The smallest absolute Gasteiger partial charge is 0.0561 e. The van der Waals surface area contributed by atoms with Gasteiger partial charge in [0.05, 0.1) is 5.02 Å². The van der Waals surface area contributed by atoms with E-state index < -0.39 is 0 Å². The van der Waals surface area contributed by atoms with Gasteiger partial charge in [-0.1, -0.05) is 25.4 Å². The Balaban J connectivity index is 2.72. The Morgan fingerprint density at radius 2 is 2.33 bits per heavy atom. The van der Waals surface area contributed by atoms with Gasteiger partial charge in [-0.2, -0.15) is 0 Å². The van der Waals surface area contributed by atoms with Crippen LogP contribution in [0.15, 0.2) is 11.4 Å². The van der Waals surface area contributed by atoms with Crippen molar-refractivity contribution in [3.63, 3.8) is 0 Å². The Morgan fingerprint density at radius 3 is 2.75 bits per heavy atom. The average Bonchev–Trinajstić information content (AvgIpc) is 2.47. The van der Waals surface area contributed by atoms with E-state index in [4.69, 9.17) is 11.6 Å². The fourth-order valence-corrected chi connectivity index (χ4v) is 2.57. The summed E-state index contributed by atoms with van der Waals surface area (Å²) < 4.78 is 0. The van der Waals surface area contributed by atoms with Crippen LogP contribution in [0.4, 0.5) is 0 Å². The molecule has 1 aromatic heterocycles. The molecule has 1 unspecified atom stereocenters. The lowest BCUT2D eigenvalue weighted by molar-refractivity contribution is 0.546. The summed E-state index contributed by atoms with van der Waals surface area (Å²) >= 11 is 7.75. The van der Waals surface area contributed by atoms with Crippen molar-refractivity contribution >= 4 is 22.9 Å². The van der Waals surface area contributed by atoms with Crippen LogP contribution in [0, 0.1) is 0 Å². The molecule has 0 fully saturated rings. The molecule has 0 radical (unpaired) electrons. The van der Waals surface area contributed by atoms with E-state index in [9.17, 15) is 0 Å². The highest BCUT2D eigenvalue weighted by Gasteiger charge is 2.12. The van der Waals surface area contributed by atoms with Gasteiger partial charge in [0.25, 0.3) is 0 Å². The summed E-state index contributed by atoms with van der Waals surface area (Å²) in [5, 5.41) is 6.34. The Hall–Kier alpha value is -0.0500. The van der Waals surface area contributed by atoms with Crippen LogP contribution in [-0.4, -0.2) is 6.54 Å². The van der Waals surface area contributed by atoms with Gasteiger partial charge < -0.3 is 5.32 Å². The van der Waals surface area contributed by atoms with Crippen molar-refractivity contribution in [2.45, 2.75) is 26.3 Å². The van der Waals surface area contributed by atoms with Gasteiger partial charge >= 0.3 is 0 Å². The van der Waals surface area contributed by atoms with Gasteiger partial charge in [0, 0.05) is 10.9 Å². The minimum Gasteiger partial charge on any atom is -0.309 e. The maximum Gasteiger partial charge on any atom is 0.0561 e. The minimum absolute atomic E-state index is 0.433. The number of thiophene rings is 1. The Morgan fingerprint density at radius 1 is 1.58 bits per heavy atom. The van der Waals surface area contributed by atoms with Crippen LogP contribution in [0.25, 0.3) is 0 Å². The molecule has 3 heteroatoms. The second kappa shape index (κ2) is 4.85. The largest absolute Gasteiger partial charge is 0.309 e. The SMILES string of the molecule is CCNC(CC)c1sccc1Cl. The van der Waals surface area contributed by atoms with Crippen molar-refractivity contribution in [2.24, 2.45) is 0 Å².